The first-order valence-electron chi connectivity index (χ1n) is 9.66. The van der Waals surface area contributed by atoms with Crippen LogP contribution in [0.15, 0.2) is 60.8 Å². The number of primary amides is 1. The molecule has 1 aliphatic rings. The van der Waals surface area contributed by atoms with Gasteiger partial charge in [-0.05, 0) is 49.1 Å². The summed E-state index contributed by atoms with van der Waals surface area (Å²) < 4.78 is 0. The Bertz CT molecular complexity index is 1010. The number of fused-ring (bicyclic) bond motifs is 1. The number of piperidine rings is 1. The summed E-state index contributed by atoms with van der Waals surface area (Å²) in [7, 11) is 0. The Balaban J connectivity index is 1.56. The van der Waals surface area contributed by atoms with Crippen LogP contribution in [0.3, 0.4) is 0 Å². The fourth-order valence-electron chi connectivity index (χ4n) is 3.91. The van der Waals surface area contributed by atoms with Gasteiger partial charge in [0.2, 0.25) is 5.91 Å². The van der Waals surface area contributed by atoms with Gasteiger partial charge in [-0.15, -0.1) is 0 Å². The van der Waals surface area contributed by atoms with Crippen LogP contribution in [-0.2, 0) is 4.79 Å². The van der Waals surface area contributed by atoms with Crippen LogP contribution < -0.4 is 5.73 Å². The molecule has 2 amide bonds. The molecule has 0 spiro atoms. The number of carbonyl (C=O) groups excluding carboxylic acids is 2. The smallest absolute Gasteiger partial charge is 0.254 e. The van der Waals surface area contributed by atoms with Crippen molar-refractivity contribution in [3.05, 3.63) is 66.4 Å². The van der Waals surface area contributed by atoms with Crippen LogP contribution in [0.25, 0.3) is 22.0 Å². The zero-order valence-electron chi connectivity index (χ0n) is 15.7. The normalized spacial score (nSPS) is 16.9. The van der Waals surface area contributed by atoms with Crippen molar-refractivity contribution in [2.24, 2.45) is 5.73 Å². The van der Waals surface area contributed by atoms with Gasteiger partial charge in [0, 0.05) is 41.7 Å². The number of carbonyl (C=O) groups is 2. The number of amides is 2. The number of rotatable bonds is 4. The van der Waals surface area contributed by atoms with Crippen molar-refractivity contribution in [1.82, 2.24) is 9.88 Å². The van der Waals surface area contributed by atoms with Crippen LogP contribution in [0.2, 0.25) is 0 Å². The number of para-hydroxylation sites is 1. The zero-order chi connectivity index (χ0) is 19.5. The third kappa shape index (κ3) is 3.74. The van der Waals surface area contributed by atoms with Gasteiger partial charge in [0.1, 0.15) is 0 Å². The number of aromatic nitrogens is 1. The predicted octanol–water partition coefficient (Wildman–Crippen LogP) is 3.77. The highest BCUT2D eigenvalue weighted by Crippen LogP contribution is 2.25. The van der Waals surface area contributed by atoms with Gasteiger partial charge in [-0.25, -0.2) is 0 Å². The first-order chi connectivity index (χ1) is 13.6. The van der Waals surface area contributed by atoms with Crippen molar-refractivity contribution in [2.45, 2.75) is 31.7 Å². The highest BCUT2D eigenvalue weighted by molar-refractivity contribution is 5.95. The van der Waals surface area contributed by atoms with Gasteiger partial charge in [-0.2, -0.15) is 0 Å². The maximum atomic E-state index is 13.0. The molecule has 1 aromatic heterocycles. The fraction of sp³-hybridized carbons (Fsp3) is 0.261. The highest BCUT2D eigenvalue weighted by atomic mass is 16.2. The van der Waals surface area contributed by atoms with E-state index >= 15 is 0 Å². The fourth-order valence-corrected chi connectivity index (χ4v) is 3.91. The number of pyridine rings is 1. The molecule has 1 saturated heterocycles. The van der Waals surface area contributed by atoms with Crippen molar-refractivity contribution < 1.29 is 9.59 Å². The van der Waals surface area contributed by atoms with E-state index in [2.05, 4.69) is 11.1 Å². The second kappa shape index (κ2) is 7.80. The van der Waals surface area contributed by atoms with Gasteiger partial charge in [-0.1, -0.05) is 30.3 Å². The van der Waals surface area contributed by atoms with Gasteiger partial charge in [0.05, 0.1) is 5.52 Å². The summed E-state index contributed by atoms with van der Waals surface area (Å²) in [6.45, 7) is 0.674. The Morgan fingerprint density at radius 1 is 1.04 bits per heavy atom. The van der Waals surface area contributed by atoms with Crippen molar-refractivity contribution in [1.29, 1.82) is 0 Å². The summed E-state index contributed by atoms with van der Waals surface area (Å²) in [5, 5.41) is 1.09. The largest absolute Gasteiger partial charge is 0.370 e. The first-order valence-corrected chi connectivity index (χ1v) is 9.66. The minimum atomic E-state index is -0.358. The number of hydrogen-bond donors (Lipinski definition) is 1. The Kier molecular flexibility index (Phi) is 5.06. The van der Waals surface area contributed by atoms with Crippen LogP contribution in [-0.4, -0.2) is 34.3 Å². The van der Waals surface area contributed by atoms with E-state index in [9.17, 15) is 9.59 Å². The summed E-state index contributed by atoms with van der Waals surface area (Å²) in [6.07, 6.45) is 4.90. The van der Waals surface area contributed by atoms with Crippen molar-refractivity contribution in [3.63, 3.8) is 0 Å². The Morgan fingerprint density at radius 3 is 2.61 bits per heavy atom. The molecule has 1 atom stereocenters. The standard InChI is InChI=1S/C23H23N3O2/c24-22(27)14-20-6-3-4-12-26(20)23(28)17-10-8-16(9-11-17)19-13-18-5-1-2-7-21(18)25-15-19/h1-2,5,7-11,13,15,20H,3-4,6,12,14H2,(H2,24,27)/t20-/m0/s1. The first kappa shape index (κ1) is 18.2. The maximum Gasteiger partial charge on any atom is 0.254 e. The molecule has 4 rings (SSSR count). The van der Waals surface area contributed by atoms with Gasteiger partial charge >= 0.3 is 0 Å². The molecule has 2 N–H and O–H groups in total. The Morgan fingerprint density at radius 2 is 1.82 bits per heavy atom. The summed E-state index contributed by atoms with van der Waals surface area (Å²) in [4.78, 5) is 30.6. The molecule has 2 heterocycles. The quantitative estimate of drug-likeness (QED) is 0.756. The summed E-state index contributed by atoms with van der Waals surface area (Å²) >= 11 is 0. The second-order valence-corrected chi connectivity index (χ2v) is 7.31. The average molecular weight is 373 g/mol. The molecule has 1 fully saturated rings. The lowest BCUT2D eigenvalue weighted by atomic mass is 9.97. The van der Waals surface area contributed by atoms with Crippen molar-refractivity contribution in [3.8, 4) is 11.1 Å². The monoisotopic (exact) mass is 373 g/mol. The lowest BCUT2D eigenvalue weighted by molar-refractivity contribution is -0.119. The number of benzene rings is 2. The van der Waals surface area contributed by atoms with Gasteiger partial charge < -0.3 is 10.6 Å². The molecule has 3 aromatic rings. The molecule has 0 saturated carbocycles. The van der Waals surface area contributed by atoms with E-state index in [1.165, 1.54) is 0 Å². The van der Waals surface area contributed by atoms with Crippen LogP contribution in [0.4, 0.5) is 0 Å². The van der Waals surface area contributed by atoms with Gasteiger partial charge in [-0.3, -0.25) is 14.6 Å². The zero-order valence-corrected chi connectivity index (χ0v) is 15.7. The van der Waals surface area contributed by atoms with E-state index in [0.29, 0.717) is 12.1 Å². The number of nitrogens with two attached hydrogens (primary N) is 1. The molecule has 28 heavy (non-hydrogen) atoms. The van der Waals surface area contributed by atoms with Crippen molar-refractivity contribution >= 4 is 22.7 Å². The molecule has 0 unspecified atom stereocenters. The van der Waals surface area contributed by atoms with Crippen LogP contribution in [0.1, 0.15) is 36.0 Å². The molecule has 5 heteroatoms. The Labute approximate surface area is 164 Å². The summed E-state index contributed by atoms with van der Waals surface area (Å²) in [5.41, 5.74) is 8.99. The molecule has 0 bridgehead atoms. The summed E-state index contributed by atoms with van der Waals surface area (Å²) in [6, 6.07) is 17.6. The lowest BCUT2D eigenvalue weighted by Crippen LogP contribution is -2.45. The molecule has 142 valence electrons. The molecular weight excluding hydrogens is 350 g/mol. The second-order valence-electron chi connectivity index (χ2n) is 7.31. The van der Waals surface area contributed by atoms with Gasteiger partial charge in [0.25, 0.3) is 5.91 Å². The van der Waals surface area contributed by atoms with Crippen LogP contribution in [0.5, 0.6) is 0 Å². The number of likely N-dealkylation sites (tertiary alicyclic amines) is 1. The van der Waals surface area contributed by atoms with E-state index in [4.69, 9.17) is 5.73 Å². The van der Waals surface area contributed by atoms with E-state index in [-0.39, 0.29) is 24.3 Å². The van der Waals surface area contributed by atoms with E-state index in [0.717, 1.165) is 41.3 Å². The van der Waals surface area contributed by atoms with Crippen LogP contribution >= 0.6 is 0 Å². The Hall–Kier alpha value is -3.21. The molecule has 0 radical (unpaired) electrons. The van der Waals surface area contributed by atoms with Gasteiger partial charge in [0.15, 0.2) is 0 Å². The SMILES string of the molecule is NC(=O)C[C@@H]1CCCCN1C(=O)c1ccc(-c2cnc3ccccc3c2)cc1. The molecule has 2 aromatic carbocycles. The van der Waals surface area contributed by atoms with E-state index < -0.39 is 0 Å². The summed E-state index contributed by atoms with van der Waals surface area (Å²) in [5.74, 6) is -0.391. The van der Waals surface area contributed by atoms with Crippen molar-refractivity contribution in [2.75, 3.05) is 6.54 Å². The minimum absolute atomic E-state index is 0.0332. The molecule has 0 aliphatic carbocycles. The maximum absolute atomic E-state index is 13.0. The molecule has 5 nitrogen and oxygen atoms in total. The third-order valence-electron chi connectivity index (χ3n) is 5.38. The van der Waals surface area contributed by atoms with Crippen LogP contribution in [0, 0.1) is 0 Å². The number of hydrogen-bond acceptors (Lipinski definition) is 3. The topological polar surface area (TPSA) is 76.3 Å². The number of nitrogens with zero attached hydrogens (tertiary/aromatic N) is 2. The third-order valence-corrected chi connectivity index (χ3v) is 5.38. The minimum Gasteiger partial charge on any atom is -0.370 e. The predicted molar refractivity (Wildman–Crippen MR) is 110 cm³/mol. The van der Waals surface area contributed by atoms with E-state index in [1.807, 2.05) is 54.7 Å². The highest BCUT2D eigenvalue weighted by Gasteiger charge is 2.28. The molecule has 1 aliphatic heterocycles. The lowest BCUT2D eigenvalue weighted by Gasteiger charge is -2.35. The van der Waals surface area contributed by atoms with E-state index in [1.54, 1.807) is 4.90 Å². The molecular formula is C23H23N3O2. The average Bonchev–Trinajstić information content (AvgIpc) is 2.73.